The third kappa shape index (κ3) is 1770. The smallest absolute Gasteiger partial charge is 0.412 e. The molecule has 0 aliphatic carbocycles. The summed E-state index contributed by atoms with van der Waals surface area (Å²) in [5, 5.41) is 0. The fourth-order valence-corrected chi connectivity index (χ4v) is 0. The minimum atomic E-state index is -4.64. The summed E-state index contributed by atoms with van der Waals surface area (Å²) in [6.07, 6.45) is 2.64. The van der Waals surface area contributed by atoms with Gasteiger partial charge >= 0.3 is 15.6 Å². The highest BCUT2D eigenvalue weighted by Gasteiger charge is 2.00. The van der Waals surface area contributed by atoms with Gasteiger partial charge in [0.15, 0.2) is 0 Å². The second-order valence-corrected chi connectivity index (χ2v) is 4.08. The van der Waals surface area contributed by atoms with E-state index in [9.17, 15) is 0 Å². The van der Waals surface area contributed by atoms with Gasteiger partial charge in [0.2, 0.25) is 0 Å². The van der Waals surface area contributed by atoms with Gasteiger partial charge in [-0.25, -0.2) is 9.13 Å². The molecule has 8 N–H and O–H groups in total. The standard InChI is InChI=1S/C4H10.CH4.2H3O4P.H2O/c1-3-4-2;;2*1-5(2,3)4;/h3-4H2,1-2H3;1H4;2*(H3,1,2,3,4);1H2. The fraction of sp³-hybridized carbons (Fsp3) is 1.00. The predicted molar refractivity (Wildman–Crippen MR) is 59.5 cm³/mol. The van der Waals surface area contributed by atoms with Crippen LogP contribution in [0.5, 0.6) is 0 Å². The van der Waals surface area contributed by atoms with Gasteiger partial charge in [0.1, 0.15) is 0 Å². The van der Waals surface area contributed by atoms with E-state index in [1.807, 2.05) is 0 Å². The normalized spacial score (nSPS) is 9.25. The Bertz CT molecular complexity index is 156. The Balaban J connectivity index is -0.0000000358. The Labute approximate surface area is 94.6 Å². The van der Waals surface area contributed by atoms with E-state index in [0.717, 1.165) is 0 Å². The molecule has 0 aromatic heterocycles. The Morgan fingerprint density at radius 3 is 0.812 bits per heavy atom. The van der Waals surface area contributed by atoms with Crippen LogP contribution < -0.4 is 0 Å². The molecule has 0 aliphatic heterocycles. The zero-order valence-corrected chi connectivity index (χ0v) is 10.1. The molecule has 0 spiro atoms. The molecular formula is C5H22O9P2. The molecule has 0 rings (SSSR count). The number of phosphoric acid groups is 2. The number of rotatable bonds is 1. The van der Waals surface area contributed by atoms with Gasteiger partial charge in [-0.15, -0.1) is 0 Å². The van der Waals surface area contributed by atoms with Crippen LogP contribution >= 0.6 is 15.6 Å². The van der Waals surface area contributed by atoms with Crippen molar-refractivity contribution in [3.8, 4) is 0 Å². The van der Waals surface area contributed by atoms with Crippen LogP contribution in [0.4, 0.5) is 0 Å². The van der Waals surface area contributed by atoms with Gasteiger partial charge in [-0.05, 0) is 0 Å². The van der Waals surface area contributed by atoms with E-state index in [1.54, 1.807) is 0 Å². The number of hydrogen-bond donors (Lipinski definition) is 6. The number of hydrogen-bond acceptors (Lipinski definition) is 2. The van der Waals surface area contributed by atoms with E-state index >= 15 is 0 Å². The van der Waals surface area contributed by atoms with Crippen molar-refractivity contribution in [3.05, 3.63) is 0 Å². The van der Waals surface area contributed by atoms with Gasteiger partial charge < -0.3 is 34.8 Å². The monoisotopic (exact) mass is 288 g/mol. The molecule has 16 heavy (non-hydrogen) atoms. The highest BCUT2D eigenvalue weighted by molar-refractivity contribution is 7.45. The van der Waals surface area contributed by atoms with E-state index < -0.39 is 15.6 Å². The van der Waals surface area contributed by atoms with Gasteiger partial charge in [0.05, 0.1) is 0 Å². The van der Waals surface area contributed by atoms with E-state index in [-0.39, 0.29) is 12.9 Å². The van der Waals surface area contributed by atoms with Crippen molar-refractivity contribution in [2.45, 2.75) is 34.1 Å². The SMILES string of the molecule is C.CCCC.O.O=P(O)(O)O.O=P(O)(O)O. The first kappa shape index (κ1) is 29.8. The van der Waals surface area contributed by atoms with Crippen molar-refractivity contribution in [2.75, 3.05) is 0 Å². The quantitative estimate of drug-likeness (QED) is 0.356. The van der Waals surface area contributed by atoms with Crippen molar-refractivity contribution in [3.63, 3.8) is 0 Å². The van der Waals surface area contributed by atoms with Crippen LogP contribution in [0.15, 0.2) is 0 Å². The fourth-order valence-electron chi connectivity index (χ4n) is 0. The molecular weight excluding hydrogens is 266 g/mol. The van der Waals surface area contributed by atoms with Crippen LogP contribution in [-0.2, 0) is 9.13 Å². The zero-order valence-electron chi connectivity index (χ0n) is 8.31. The van der Waals surface area contributed by atoms with Crippen LogP contribution in [0, 0.1) is 0 Å². The molecule has 0 bridgehead atoms. The summed E-state index contributed by atoms with van der Waals surface area (Å²) < 4.78 is 17.8. The van der Waals surface area contributed by atoms with Gasteiger partial charge in [-0.3, -0.25) is 0 Å². The molecule has 0 heterocycles. The van der Waals surface area contributed by atoms with Gasteiger partial charge in [0.25, 0.3) is 0 Å². The molecule has 0 aromatic rings. The van der Waals surface area contributed by atoms with Gasteiger partial charge in [-0.1, -0.05) is 34.1 Å². The maximum Gasteiger partial charge on any atom is 0.466 e. The lowest BCUT2D eigenvalue weighted by Gasteiger charge is -1.82. The Hall–Kier alpha value is 0.180. The largest absolute Gasteiger partial charge is 0.466 e. The minimum Gasteiger partial charge on any atom is -0.412 e. The average molecular weight is 288 g/mol. The first-order valence-electron chi connectivity index (χ1n) is 3.48. The number of unbranched alkanes of at least 4 members (excludes halogenated alkanes) is 1. The predicted octanol–water partition coefficient (Wildman–Crippen LogP) is -0.239. The van der Waals surface area contributed by atoms with Gasteiger partial charge in [-0.2, -0.15) is 0 Å². The van der Waals surface area contributed by atoms with Gasteiger partial charge in [0, 0.05) is 0 Å². The van der Waals surface area contributed by atoms with Crippen LogP contribution in [0.25, 0.3) is 0 Å². The van der Waals surface area contributed by atoms with Crippen molar-refractivity contribution in [1.29, 1.82) is 0 Å². The Kier molecular flexibility index (Phi) is 28.3. The van der Waals surface area contributed by atoms with Crippen molar-refractivity contribution in [2.24, 2.45) is 0 Å². The second kappa shape index (κ2) is 15.2. The lowest BCUT2D eigenvalue weighted by Crippen LogP contribution is -1.66. The lowest BCUT2D eigenvalue weighted by atomic mass is 10.4. The second-order valence-electron chi connectivity index (χ2n) is 2.03. The van der Waals surface area contributed by atoms with Crippen molar-refractivity contribution in [1.82, 2.24) is 0 Å². The Morgan fingerprint density at radius 2 is 0.812 bits per heavy atom. The summed E-state index contributed by atoms with van der Waals surface area (Å²) in [4.78, 5) is 43.1. The van der Waals surface area contributed by atoms with Crippen molar-refractivity contribution < 1.29 is 44.0 Å². The van der Waals surface area contributed by atoms with E-state index in [4.69, 9.17) is 38.5 Å². The summed E-state index contributed by atoms with van der Waals surface area (Å²) in [5.41, 5.74) is 0. The third-order valence-corrected chi connectivity index (χ3v) is 0.500. The van der Waals surface area contributed by atoms with Crippen LogP contribution in [-0.4, -0.2) is 34.8 Å². The molecule has 0 radical (unpaired) electrons. The van der Waals surface area contributed by atoms with Crippen molar-refractivity contribution >= 4 is 15.6 Å². The van der Waals surface area contributed by atoms with Crippen LogP contribution in [0.1, 0.15) is 34.1 Å². The summed E-state index contributed by atoms with van der Waals surface area (Å²) >= 11 is 0. The van der Waals surface area contributed by atoms with Crippen LogP contribution in [0.3, 0.4) is 0 Å². The molecule has 0 amide bonds. The average Bonchev–Trinajstić information content (AvgIpc) is 1.79. The maximum atomic E-state index is 8.88. The molecule has 0 unspecified atom stereocenters. The van der Waals surface area contributed by atoms with Crippen LogP contribution in [0.2, 0.25) is 0 Å². The maximum absolute atomic E-state index is 8.88. The molecule has 106 valence electrons. The molecule has 11 heteroatoms. The minimum absolute atomic E-state index is 0. The van der Waals surface area contributed by atoms with E-state index in [2.05, 4.69) is 13.8 Å². The van der Waals surface area contributed by atoms with E-state index in [1.165, 1.54) is 12.8 Å². The highest BCUT2D eigenvalue weighted by Crippen LogP contribution is 2.26. The molecule has 0 saturated carbocycles. The summed E-state index contributed by atoms with van der Waals surface area (Å²) in [7, 11) is -9.28. The summed E-state index contributed by atoms with van der Waals surface area (Å²) in [6, 6.07) is 0. The molecule has 0 fully saturated rings. The molecule has 9 nitrogen and oxygen atoms in total. The first-order valence-corrected chi connectivity index (χ1v) is 6.61. The molecule has 0 aromatic carbocycles. The zero-order chi connectivity index (χ0) is 12.4. The molecule has 0 aliphatic rings. The lowest BCUT2D eigenvalue weighted by molar-refractivity contribution is 0.272. The first-order chi connectivity index (χ1) is 5.91. The Morgan fingerprint density at radius 1 is 0.750 bits per heavy atom. The topological polar surface area (TPSA) is 187 Å². The third-order valence-electron chi connectivity index (χ3n) is 0.500. The molecule has 0 saturated heterocycles. The molecule has 0 atom stereocenters. The summed E-state index contributed by atoms with van der Waals surface area (Å²) in [6.45, 7) is 4.36. The highest BCUT2D eigenvalue weighted by atomic mass is 31.2. The summed E-state index contributed by atoms with van der Waals surface area (Å²) in [5.74, 6) is 0. The van der Waals surface area contributed by atoms with E-state index in [0.29, 0.717) is 0 Å².